The molecule has 1 radical (unpaired) electrons. The molecular weight excluding hydrogens is 622 g/mol. The Hall–Kier alpha value is -0.806. The Morgan fingerprint density at radius 2 is 2.05 bits per heavy atom. The number of thiophene rings is 1. The van der Waals surface area contributed by atoms with E-state index in [0.717, 1.165) is 12.0 Å². The van der Waals surface area contributed by atoms with Crippen molar-refractivity contribution in [3.05, 3.63) is 53.6 Å². The van der Waals surface area contributed by atoms with Gasteiger partial charge in [0, 0.05) is 49.5 Å². The largest absolute Gasteiger partial charge is 0.396 e. The number of halogens is 1. The number of aliphatic hydroxyl groups is 2. The van der Waals surface area contributed by atoms with Crippen molar-refractivity contribution in [1.82, 2.24) is 0 Å². The maximum atomic E-state index is 17.6. The molecule has 2 N–H and O–H groups in total. The molecular formula is C31H40FNO6SY-2. The van der Waals surface area contributed by atoms with Crippen LogP contribution in [0.25, 0.3) is 0 Å². The number of hydrogen-bond donors (Lipinski definition) is 2. The molecule has 223 valence electrons. The summed E-state index contributed by atoms with van der Waals surface area (Å²) in [6.45, 7) is 7.03. The molecule has 8 atom stereocenters. The summed E-state index contributed by atoms with van der Waals surface area (Å²) in [5, 5.41) is 28.9. The van der Waals surface area contributed by atoms with Gasteiger partial charge >= 0.3 is 0 Å². The summed E-state index contributed by atoms with van der Waals surface area (Å²) in [5.41, 5.74) is -3.77. The minimum absolute atomic E-state index is 0. The number of ketones is 1. The van der Waals surface area contributed by atoms with Crippen LogP contribution in [-0.4, -0.2) is 64.2 Å². The second kappa shape index (κ2) is 11.3. The van der Waals surface area contributed by atoms with Gasteiger partial charge in [-0.25, -0.2) is 10.5 Å². The summed E-state index contributed by atoms with van der Waals surface area (Å²) in [6, 6.07) is 3.89. The minimum atomic E-state index is -1.95. The van der Waals surface area contributed by atoms with Gasteiger partial charge in [0.2, 0.25) is 0 Å². The van der Waals surface area contributed by atoms with Crippen LogP contribution in [0.3, 0.4) is 0 Å². The van der Waals surface area contributed by atoms with Crippen LogP contribution >= 0.6 is 11.3 Å². The Bertz CT molecular complexity index is 1250. The number of hydrogen-bond acceptors (Lipinski definition) is 8. The third-order valence-electron chi connectivity index (χ3n) is 10.3. The maximum absolute atomic E-state index is 17.6. The standard InChI is InChI=1S/C30H37FNO6S.CH3.Y/c1-26(2)37-25-15-22-21-8-7-18-14-19(32-36-12-10-20-6-5-13-39-20)9-11-27(18,3)29(21,31)23(34)16-28(22,4)30(25,38-26)24(35)17-33;;/h5-6,9,11,14,21-23,25,33-34H,7-8,10,12,15-17H2,1-4H3;1H3;/q2*-1;/b32-19+;;/t21-,22-,23-,25+,27-,28-,29-,30+;;/m0../s1. The number of carbonyl (C=O) groups excluding carboxylic acids is 1. The van der Waals surface area contributed by atoms with E-state index >= 15 is 4.39 Å². The van der Waals surface area contributed by atoms with Crippen molar-refractivity contribution in [3.63, 3.8) is 0 Å². The van der Waals surface area contributed by atoms with E-state index in [4.69, 9.17) is 14.3 Å². The van der Waals surface area contributed by atoms with E-state index in [2.05, 4.69) is 10.5 Å². The smallest absolute Gasteiger partial charge is 0.193 e. The molecule has 10 heteroatoms. The van der Waals surface area contributed by atoms with Crippen LogP contribution in [0.15, 0.2) is 41.1 Å². The van der Waals surface area contributed by atoms with Crippen LogP contribution < -0.4 is 0 Å². The van der Waals surface area contributed by atoms with Crippen LogP contribution in [0.1, 0.15) is 58.3 Å². The van der Waals surface area contributed by atoms with Crippen molar-refractivity contribution in [2.24, 2.45) is 27.8 Å². The van der Waals surface area contributed by atoms with Crippen LogP contribution in [0, 0.1) is 35.5 Å². The van der Waals surface area contributed by atoms with Crippen molar-refractivity contribution < 1.29 is 66.4 Å². The van der Waals surface area contributed by atoms with E-state index < -0.39 is 58.4 Å². The molecule has 5 aliphatic rings. The summed E-state index contributed by atoms with van der Waals surface area (Å²) in [5.74, 6) is -2.25. The Labute approximate surface area is 271 Å². The molecule has 0 amide bonds. The fourth-order valence-electron chi connectivity index (χ4n) is 8.66. The van der Waals surface area contributed by atoms with Gasteiger partial charge in [0.15, 0.2) is 22.8 Å². The van der Waals surface area contributed by atoms with E-state index in [1.54, 1.807) is 31.3 Å². The minimum Gasteiger partial charge on any atom is -0.396 e. The number of aliphatic hydroxyl groups excluding tert-OH is 2. The number of alkyl halides is 1. The van der Waals surface area contributed by atoms with E-state index in [0.29, 0.717) is 31.6 Å². The van der Waals surface area contributed by atoms with Crippen LogP contribution in [0.2, 0.25) is 0 Å². The molecule has 4 fully saturated rings. The monoisotopic (exact) mass is 662 g/mol. The van der Waals surface area contributed by atoms with Gasteiger partial charge in [-0.15, -0.1) is 10.3 Å². The van der Waals surface area contributed by atoms with Gasteiger partial charge in [-0.05, 0) is 70.9 Å². The Kier molecular flexibility index (Phi) is 9.11. The van der Waals surface area contributed by atoms with Gasteiger partial charge in [-0.3, -0.25) is 4.79 Å². The van der Waals surface area contributed by atoms with E-state index in [1.165, 1.54) is 4.88 Å². The summed E-state index contributed by atoms with van der Waals surface area (Å²) in [7, 11) is 0. The molecule has 1 aliphatic heterocycles. The average Bonchev–Trinajstić information content (AvgIpc) is 3.56. The number of oxime groups is 1. The van der Waals surface area contributed by atoms with Crippen molar-refractivity contribution in [3.8, 4) is 0 Å². The molecule has 7 nitrogen and oxygen atoms in total. The third kappa shape index (κ3) is 4.63. The van der Waals surface area contributed by atoms with Gasteiger partial charge in [0.1, 0.15) is 18.9 Å². The summed E-state index contributed by atoms with van der Waals surface area (Å²) >= 11 is 1.56. The first-order chi connectivity index (χ1) is 18.4. The van der Waals surface area contributed by atoms with Crippen molar-refractivity contribution in [2.45, 2.75) is 89.1 Å². The fraction of sp³-hybridized carbons (Fsp3) is 0.645. The Morgan fingerprint density at radius 1 is 1.29 bits per heavy atom. The molecule has 2 heterocycles. The van der Waals surface area contributed by atoms with Gasteiger partial charge in [0.25, 0.3) is 0 Å². The molecule has 1 aromatic heterocycles. The first-order valence-corrected chi connectivity index (χ1v) is 14.7. The zero-order valence-corrected chi connectivity index (χ0v) is 28.1. The number of allylic oxidation sites excluding steroid dienone is 4. The van der Waals surface area contributed by atoms with Crippen molar-refractivity contribution in [1.29, 1.82) is 0 Å². The second-order valence-electron chi connectivity index (χ2n) is 12.6. The molecule has 0 bridgehead atoms. The quantitative estimate of drug-likeness (QED) is 0.259. The number of nitrogens with zero attached hydrogens (tertiary/aromatic N) is 1. The average molecular weight is 663 g/mol. The topological polar surface area (TPSA) is 97.6 Å². The number of fused-ring (bicyclic) bond motifs is 7. The van der Waals surface area contributed by atoms with Gasteiger partial charge in [0.05, 0.1) is 12.2 Å². The normalized spacial score (nSPS) is 42.6. The third-order valence-corrected chi connectivity index (χ3v) is 11.2. The molecule has 41 heavy (non-hydrogen) atoms. The summed E-state index contributed by atoms with van der Waals surface area (Å²) in [6.07, 6.45) is 5.94. The van der Waals surface area contributed by atoms with Crippen LogP contribution in [-0.2, 0) is 58.2 Å². The van der Waals surface area contributed by atoms with Gasteiger partial charge in [-0.1, -0.05) is 23.7 Å². The molecule has 0 aromatic carbocycles. The molecule has 1 aromatic rings. The Morgan fingerprint density at radius 3 is 2.73 bits per heavy atom. The predicted octanol–water partition coefficient (Wildman–Crippen LogP) is 4.77. The zero-order chi connectivity index (χ0) is 27.8. The molecule has 4 aliphatic carbocycles. The SMILES string of the molecule is CC1(C)O[C@@H]2C[C@H]3[C@@H]4CCC5=C/C(=N/OCCc6cc[c-]s6)C=C[C@]5(C)[C@@]4(F)[C@@H](O)C[C@]3(C)[C@]2(C(=O)CO)O1.[CH3-].[Y]. The fourth-order valence-corrected chi connectivity index (χ4v) is 9.27. The number of ether oxygens (including phenoxy) is 2. The van der Waals surface area contributed by atoms with Crippen molar-refractivity contribution in [2.75, 3.05) is 13.2 Å². The predicted molar refractivity (Wildman–Crippen MR) is 150 cm³/mol. The number of rotatable bonds is 6. The van der Waals surface area contributed by atoms with Crippen LogP contribution in [0.5, 0.6) is 0 Å². The number of Topliss-reactive ketones (excluding diaryl/α,β-unsaturated/α-hetero) is 1. The van der Waals surface area contributed by atoms with Gasteiger partial charge < -0.3 is 43.3 Å². The Balaban J connectivity index is 0.00000194. The van der Waals surface area contributed by atoms with Gasteiger partial charge in [-0.2, -0.15) is 6.07 Å². The van der Waals surface area contributed by atoms with Crippen molar-refractivity contribution >= 4 is 22.8 Å². The van der Waals surface area contributed by atoms with E-state index in [-0.39, 0.29) is 52.5 Å². The molecule has 6 rings (SSSR count). The van der Waals surface area contributed by atoms with Crippen LogP contribution in [0.4, 0.5) is 4.39 Å². The molecule has 0 spiro atoms. The zero-order valence-electron chi connectivity index (χ0n) is 24.5. The molecule has 3 saturated carbocycles. The summed E-state index contributed by atoms with van der Waals surface area (Å²) < 4.78 is 30.2. The number of carbonyl (C=O) groups is 1. The first kappa shape index (κ1) is 33.1. The molecule has 0 unspecified atom stereocenters. The summed E-state index contributed by atoms with van der Waals surface area (Å²) in [4.78, 5) is 20.1. The first-order valence-electron chi connectivity index (χ1n) is 13.9. The second-order valence-corrected chi connectivity index (χ2v) is 13.6. The molecule has 1 saturated heterocycles. The van der Waals surface area contributed by atoms with E-state index in [9.17, 15) is 15.0 Å². The maximum Gasteiger partial charge on any atom is 0.193 e. The van der Waals surface area contributed by atoms with E-state index in [1.807, 2.05) is 38.1 Å².